The Kier molecular flexibility index (Phi) is 8.42. The maximum absolute atomic E-state index is 10.2. The molecule has 4 rings (SSSR count). The van der Waals surface area contributed by atoms with Gasteiger partial charge in [-0.25, -0.2) is 0 Å². The molecular weight excluding hydrogens is 476 g/mol. The molecule has 2 aliphatic heterocycles. The lowest BCUT2D eigenvalue weighted by Gasteiger charge is -2.40. The standard InChI is InChI=1S/C24H32N2O10/c27-9-15-17(29)19(31)21(33)23(35-15)25-13-5-1-11(2-6-13)12-3-7-14(8-4-12)26-24-22(34)20(32)18(30)16(10-28)36-24/h1-8,15-34H,9-10H2. The van der Waals surface area contributed by atoms with Gasteiger partial charge in [-0.2, -0.15) is 0 Å². The Balaban J connectivity index is 1.38. The van der Waals surface area contributed by atoms with Gasteiger partial charge >= 0.3 is 0 Å². The van der Waals surface area contributed by atoms with Crippen molar-refractivity contribution in [3.8, 4) is 11.1 Å². The Hall–Kier alpha value is -2.36. The first-order chi connectivity index (χ1) is 17.2. The predicted molar refractivity (Wildman–Crippen MR) is 127 cm³/mol. The van der Waals surface area contributed by atoms with E-state index in [1.54, 1.807) is 24.3 Å². The molecular formula is C24H32N2O10. The van der Waals surface area contributed by atoms with Gasteiger partial charge in [-0.15, -0.1) is 0 Å². The highest BCUT2D eigenvalue weighted by molar-refractivity contribution is 5.68. The molecule has 2 saturated heterocycles. The van der Waals surface area contributed by atoms with Crippen LogP contribution in [0.4, 0.5) is 11.4 Å². The monoisotopic (exact) mass is 508 g/mol. The molecule has 12 heteroatoms. The van der Waals surface area contributed by atoms with Crippen molar-refractivity contribution in [3.05, 3.63) is 48.5 Å². The molecule has 0 aromatic heterocycles. The molecule has 0 saturated carbocycles. The van der Waals surface area contributed by atoms with Crippen LogP contribution in [0.25, 0.3) is 11.1 Å². The van der Waals surface area contributed by atoms with E-state index in [0.29, 0.717) is 11.4 Å². The van der Waals surface area contributed by atoms with Crippen LogP contribution in [-0.2, 0) is 9.47 Å². The highest BCUT2D eigenvalue weighted by Gasteiger charge is 2.44. The van der Waals surface area contributed by atoms with Gasteiger partial charge in [0.25, 0.3) is 0 Å². The maximum atomic E-state index is 10.2. The van der Waals surface area contributed by atoms with Crippen molar-refractivity contribution in [1.29, 1.82) is 0 Å². The molecule has 10 atom stereocenters. The lowest BCUT2D eigenvalue weighted by Crippen LogP contribution is -2.60. The van der Waals surface area contributed by atoms with Crippen LogP contribution in [0.3, 0.4) is 0 Å². The number of hydrogen-bond donors (Lipinski definition) is 10. The average Bonchev–Trinajstić information content (AvgIpc) is 2.90. The number of anilines is 2. The van der Waals surface area contributed by atoms with Crippen LogP contribution < -0.4 is 10.6 Å². The minimum absolute atomic E-state index is 0.511. The molecule has 2 fully saturated rings. The van der Waals surface area contributed by atoms with Gasteiger partial charge < -0.3 is 61.0 Å². The normalized spacial score (nSPS) is 36.9. The van der Waals surface area contributed by atoms with E-state index < -0.39 is 74.5 Å². The number of aliphatic hydroxyl groups is 8. The molecule has 2 aromatic carbocycles. The zero-order valence-electron chi connectivity index (χ0n) is 19.2. The smallest absolute Gasteiger partial charge is 0.157 e. The Morgan fingerprint density at radius 1 is 0.500 bits per heavy atom. The summed E-state index contributed by atoms with van der Waals surface area (Å²) in [5.41, 5.74) is 2.91. The second-order valence-electron chi connectivity index (χ2n) is 8.94. The first kappa shape index (κ1) is 26.7. The molecule has 10 N–H and O–H groups in total. The maximum Gasteiger partial charge on any atom is 0.157 e. The fourth-order valence-electron chi connectivity index (χ4n) is 4.29. The van der Waals surface area contributed by atoms with E-state index >= 15 is 0 Å². The Bertz CT molecular complexity index is 894. The second-order valence-corrected chi connectivity index (χ2v) is 8.94. The second kappa shape index (κ2) is 11.4. The minimum atomic E-state index is -1.47. The van der Waals surface area contributed by atoms with E-state index in [4.69, 9.17) is 9.47 Å². The summed E-state index contributed by atoms with van der Waals surface area (Å²) in [4.78, 5) is 0. The van der Waals surface area contributed by atoms with E-state index in [0.717, 1.165) is 11.1 Å². The topological polar surface area (TPSA) is 204 Å². The third kappa shape index (κ3) is 5.48. The summed E-state index contributed by atoms with van der Waals surface area (Å²) < 4.78 is 10.9. The summed E-state index contributed by atoms with van der Waals surface area (Å²) in [5.74, 6) is 0. The number of benzene rings is 2. The van der Waals surface area contributed by atoms with E-state index in [2.05, 4.69) is 10.6 Å². The first-order valence-electron chi connectivity index (χ1n) is 11.6. The van der Waals surface area contributed by atoms with Crippen molar-refractivity contribution < 1.29 is 50.3 Å². The Morgan fingerprint density at radius 3 is 1.14 bits per heavy atom. The molecule has 198 valence electrons. The van der Waals surface area contributed by atoms with E-state index in [1.807, 2.05) is 24.3 Å². The van der Waals surface area contributed by atoms with E-state index in [9.17, 15) is 40.9 Å². The largest absolute Gasteiger partial charge is 0.394 e. The minimum Gasteiger partial charge on any atom is -0.394 e. The molecule has 0 bridgehead atoms. The van der Waals surface area contributed by atoms with Crippen LogP contribution in [0.1, 0.15) is 0 Å². The van der Waals surface area contributed by atoms with Crippen LogP contribution in [0.5, 0.6) is 0 Å². The highest BCUT2D eigenvalue weighted by atomic mass is 16.6. The number of aliphatic hydroxyl groups excluding tert-OH is 8. The van der Waals surface area contributed by atoms with Crippen LogP contribution in [0.15, 0.2) is 48.5 Å². The SMILES string of the molecule is OCC1OC(Nc2ccc(-c3ccc(NC4OC(CO)C(O)C(O)C4O)cc3)cc2)C(O)C(O)C1O. The van der Waals surface area contributed by atoms with Gasteiger partial charge in [-0.1, -0.05) is 24.3 Å². The molecule has 0 spiro atoms. The lowest BCUT2D eigenvalue weighted by atomic mass is 9.98. The number of hydrogen-bond acceptors (Lipinski definition) is 12. The summed E-state index contributed by atoms with van der Waals surface area (Å²) >= 11 is 0. The summed E-state index contributed by atoms with van der Waals surface area (Å²) in [6, 6.07) is 14.3. The first-order valence-corrected chi connectivity index (χ1v) is 11.6. The van der Waals surface area contributed by atoms with Crippen molar-refractivity contribution in [2.45, 2.75) is 61.3 Å². The van der Waals surface area contributed by atoms with Gasteiger partial charge in [0.2, 0.25) is 0 Å². The fourth-order valence-corrected chi connectivity index (χ4v) is 4.29. The van der Waals surface area contributed by atoms with Gasteiger partial charge in [-0.05, 0) is 35.4 Å². The molecule has 36 heavy (non-hydrogen) atoms. The molecule has 2 aliphatic rings. The van der Waals surface area contributed by atoms with E-state index in [1.165, 1.54) is 0 Å². The highest BCUT2D eigenvalue weighted by Crippen LogP contribution is 2.28. The Morgan fingerprint density at radius 2 is 0.833 bits per heavy atom. The lowest BCUT2D eigenvalue weighted by molar-refractivity contribution is -0.221. The summed E-state index contributed by atoms with van der Waals surface area (Å²) in [5, 5.41) is 84.6. The summed E-state index contributed by atoms with van der Waals surface area (Å²) in [6.45, 7) is -1.02. The van der Waals surface area contributed by atoms with Crippen molar-refractivity contribution >= 4 is 11.4 Å². The third-order valence-electron chi connectivity index (χ3n) is 6.51. The van der Waals surface area contributed by atoms with Gasteiger partial charge in [0, 0.05) is 11.4 Å². The number of nitrogens with one attached hydrogen (secondary N) is 2. The zero-order valence-corrected chi connectivity index (χ0v) is 19.2. The molecule has 2 aromatic rings. The van der Waals surface area contributed by atoms with Crippen LogP contribution >= 0.6 is 0 Å². The third-order valence-corrected chi connectivity index (χ3v) is 6.51. The summed E-state index contributed by atoms with van der Waals surface area (Å²) in [7, 11) is 0. The number of rotatable bonds is 7. The van der Waals surface area contributed by atoms with Gasteiger partial charge in [0.1, 0.15) is 48.8 Å². The van der Waals surface area contributed by atoms with Crippen LogP contribution in [0.2, 0.25) is 0 Å². The van der Waals surface area contributed by atoms with Gasteiger partial charge in [0.05, 0.1) is 13.2 Å². The molecule has 2 heterocycles. The van der Waals surface area contributed by atoms with Gasteiger partial charge in [0.15, 0.2) is 12.5 Å². The Labute approximate surface area is 207 Å². The molecule has 0 aliphatic carbocycles. The van der Waals surface area contributed by atoms with Crippen molar-refractivity contribution in [2.24, 2.45) is 0 Å². The number of ether oxygens (including phenoxy) is 2. The van der Waals surface area contributed by atoms with Crippen molar-refractivity contribution in [2.75, 3.05) is 23.8 Å². The quantitative estimate of drug-likeness (QED) is 0.193. The van der Waals surface area contributed by atoms with Crippen molar-refractivity contribution in [3.63, 3.8) is 0 Å². The van der Waals surface area contributed by atoms with Crippen LogP contribution in [-0.4, -0.2) is 115 Å². The van der Waals surface area contributed by atoms with Crippen LogP contribution in [0, 0.1) is 0 Å². The molecule has 12 nitrogen and oxygen atoms in total. The average molecular weight is 509 g/mol. The molecule has 0 radical (unpaired) electrons. The molecule has 0 amide bonds. The molecule has 10 unspecified atom stereocenters. The predicted octanol–water partition coefficient (Wildman–Crippen LogP) is -2.22. The van der Waals surface area contributed by atoms with Gasteiger partial charge in [-0.3, -0.25) is 0 Å². The van der Waals surface area contributed by atoms with E-state index in [-0.39, 0.29) is 0 Å². The van der Waals surface area contributed by atoms with Crippen molar-refractivity contribution in [1.82, 2.24) is 0 Å². The summed E-state index contributed by atoms with van der Waals surface area (Å²) in [6.07, 6.45) is -12.7. The zero-order chi connectivity index (χ0) is 26.0. The fraction of sp³-hybridized carbons (Fsp3) is 0.500.